The Morgan fingerprint density at radius 2 is 2.15 bits per heavy atom. The number of aromatic nitrogens is 1. The van der Waals surface area contributed by atoms with Gasteiger partial charge in [-0.15, -0.1) is 11.3 Å². The van der Waals surface area contributed by atoms with E-state index in [2.05, 4.69) is 4.98 Å². The highest BCUT2D eigenvalue weighted by Gasteiger charge is 2.19. The molecule has 1 heterocycles. The third kappa shape index (κ3) is 3.68. The lowest BCUT2D eigenvalue weighted by atomic mass is 10.2. The van der Waals surface area contributed by atoms with Crippen molar-refractivity contribution in [2.24, 2.45) is 5.92 Å². The lowest BCUT2D eigenvalue weighted by molar-refractivity contribution is 0.123. The van der Waals surface area contributed by atoms with E-state index in [0.717, 1.165) is 16.0 Å². The summed E-state index contributed by atoms with van der Waals surface area (Å²) in [5.74, 6) is 0.345. The lowest BCUT2D eigenvalue weighted by Crippen LogP contribution is -2.14. The van der Waals surface area contributed by atoms with Crippen LogP contribution < -0.4 is 5.73 Å². The van der Waals surface area contributed by atoms with E-state index in [1.165, 1.54) is 0 Å². The average Bonchev–Trinajstić information content (AvgIpc) is 2.78. The number of benzene rings is 1. The molecule has 0 aliphatic heterocycles. The standard InChI is InChI=1S/C13H18N2O3S2/c1-9(2)8-18-5-6-20(16,17)13-15-11-4-3-10(14)7-12(11)19-13/h3-4,7,9H,5-6,8,14H2,1-2H3. The van der Waals surface area contributed by atoms with E-state index < -0.39 is 9.84 Å². The summed E-state index contributed by atoms with van der Waals surface area (Å²) >= 11 is 1.15. The molecule has 0 radical (unpaired) electrons. The van der Waals surface area contributed by atoms with E-state index in [1.807, 2.05) is 13.8 Å². The minimum Gasteiger partial charge on any atom is -0.399 e. The maximum absolute atomic E-state index is 12.2. The fourth-order valence-corrected chi connectivity index (χ4v) is 4.15. The third-order valence-electron chi connectivity index (χ3n) is 2.61. The number of anilines is 1. The van der Waals surface area contributed by atoms with Gasteiger partial charge in [0.2, 0.25) is 14.2 Å². The van der Waals surface area contributed by atoms with Gasteiger partial charge in [0, 0.05) is 12.3 Å². The van der Waals surface area contributed by atoms with Crippen molar-refractivity contribution in [2.45, 2.75) is 18.2 Å². The fourth-order valence-electron chi connectivity index (χ4n) is 1.63. The van der Waals surface area contributed by atoms with Crippen LogP contribution >= 0.6 is 11.3 Å². The van der Waals surface area contributed by atoms with Crippen molar-refractivity contribution in [3.8, 4) is 0 Å². The lowest BCUT2D eigenvalue weighted by Gasteiger charge is -2.06. The number of fused-ring (bicyclic) bond motifs is 1. The van der Waals surface area contributed by atoms with Crippen molar-refractivity contribution < 1.29 is 13.2 Å². The van der Waals surface area contributed by atoms with Crippen molar-refractivity contribution in [3.63, 3.8) is 0 Å². The Kier molecular flexibility index (Phi) is 4.62. The Labute approximate surface area is 122 Å². The van der Waals surface area contributed by atoms with Crippen LogP contribution in [0.1, 0.15) is 13.8 Å². The van der Waals surface area contributed by atoms with Crippen LogP contribution in [0.3, 0.4) is 0 Å². The molecule has 0 unspecified atom stereocenters. The van der Waals surface area contributed by atoms with Crippen LogP contribution in [0.2, 0.25) is 0 Å². The molecule has 1 aromatic carbocycles. The van der Waals surface area contributed by atoms with Crippen LogP contribution in [0.15, 0.2) is 22.5 Å². The van der Waals surface area contributed by atoms with Crippen LogP contribution in [0, 0.1) is 5.92 Å². The molecular weight excluding hydrogens is 296 g/mol. The predicted octanol–water partition coefficient (Wildman–Crippen LogP) is 2.32. The number of nitrogens with zero attached hydrogens (tertiary/aromatic N) is 1. The molecule has 0 aliphatic rings. The second-order valence-corrected chi connectivity index (χ2v) is 8.31. The van der Waals surface area contributed by atoms with Gasteiger partial charge in [-0.1, -0.05) is 13.8 Å². The molecule has 1 aromatic heterocycles. The van der Waals surface area contributed by atoms with Gasteiger partial charge in [-0.05, 0) is 24.1 Å². The molecule has 5 nitrogen and oxygen atoms in total. The van der Waals surface area contributed by atoms with Gasteiger partial charge in [-0.3, -0.25) is 0 Å². The zero-order valence-corrected chi connectivity index (χ0v) is 13.1. The van der Waals surface area contributed by atoms with E-state index in [9.17, 15) is 8.42 Å². The SMILES string of the molecule is CC(C)COCCS(=O)(=O)c1nc2ccc(N)cc2s1. The molecule has 2 N–H and O–H groups in total. The molecule has 2 rings (SSSR count). The number of rotatable bonds is 6. The Morgan fingerprint density at radius 1 is 1.40 bits per heavy atom. The van der Waals surface area contributed by atoms with Crippen LogP contribution in [-0.4, -0.2) is 32.4 Å². The fraction of sp³-hybridized carbons (Fsp3) is 0.462. The monoisotopic (exact) mass is 314 g/mol. The zero-order valence-electron chi connectivity index (χ0n) is 11.5. The summed E-state index contributed by atoms with van der Waals surface area (Å²) in [7, 11) is -3.39. The summed E-state index contributed by atoms with van der Waals surface area (Å²) in [5, 5.41) is 0. The Hall–Kier alpha value is -1.18. The number of nitrogens with two attached hydrogens (primary N) is 1. The number of hydrogen-bond donors (Lipinski definition) is 1. The molecule has 0 amide bonds. The van der Waals surface area contributed by atoms with Crippen LogP contribution in [-0.2, 0) is 14.6 Å². The third-order valence-corrected chi connectivity index (χ3v) is 5.76. The first-order chi connectivity index (χ1) is 9.38. The van der Waals surface area contributed by atoms with Gasteiger partial charge in [0.25, 0.3) is 0 Å². The number of sulfone groups is 1. The van der Waals surface area contributed by atoms with E-state index >= 15 is 0 Å². The van der Waals surface area contributed by atoms with Gasteiger partial charge in [0.05, 0.1) is 22.6 Å². The molecule has 110 valence electrons. The van der Waals surface area contributed by atoms with Crippen LogP contribution in [0.4, 0.5) is 5.69 Å². The highest BCUT2D eigenvalue weighted by Crippen LogP contribution is 2.27. The molecule has 2 aromatic rings. The van der Waals surface area contributed by atoms with Crippen molar-refractivity contribution in [2.75, 3.05) is 24.7 Å². The van der Waals surface area contributed by atoms with E-state index in [-0.39, 0.29) is 16.7 Å². The number of hydrogen-bond acceptors (Lipinski definition) is 6. The highest BCUT2D eigenvalue weighted by molar-refractivity contribution is 7.93. The molecule has 0 fully saturated rings. The zero-order chi connectivity index (χ0) is 14.8. The summed E-state index contributed by atoms with van der Waals surface area (Å²) in [6.45, 7) is 4.80. The number of ether oxygens (including phenoxy) is 1. The van der Waals surface area contributed by atoms with Crippen LogP contribution in [0.5, 0.6) is 0 Å². The summed E-state index contributed by atoms with van der Waals surface area (Å²) < 4.78 is 30.6. The second kappa shape index (κ2) is 6.07. The molecule has 0 atom stereocenters. The molecular formula is C13H18N2O3S2. The molecule has 0 bridgehead atoms. The summed E-state index contributed by atoms with van der Waals surface area (Å²) in [4.78, 5) is 4.16. The van der Waals surface area contributed by atoms with Crippen LogP contribution in [0.25, 0.3) is 10.2 Å². The first-order valence-corrected chi connectivity index (χ1v) is 8.82. The number of thiazole rings is 1. The van der Waals surface area contributed by atoms with E-state index in [1.54, 1.807) is 18.2 Å². The van der Waals surface area contributed by atoms with Crippen molar-refractivity contribution in [3.05, 3.63) is 18.2 Å². The molecule has 0 saturated carbocycles. The molecule has 0 saturated heterocycles. The maximum atomic E-state index is 12.2. The topological polar surface area (TPSA) is 82.3 Å². The van der Waals surface area contributed by atoms with Gasteiger partial charge < -0.3 is 10.5 Å². The van der Waals surface area contributed by atoms with Gasteiger partial charge in [-0.25, -0.2) is 13.4 Å². The van der Waals surface area contributed by atoms with E-state index in [0.29, 0.717) is 23.7 Å². The van der Waals surface area contributed by atoms with Gasteiger partial charge in [0.1, 0.15) is 0 Å². The Morgan fingerprint density at radius 3 is 2.85 bits per heavy atom. The second-order valence-electron chi connectivity index (χ2n) is 4.99. The van der Waals surface area contributed by atoms with Gasteiger partial charge >= 0.3 is 0 Å². The summed E-state index contributed by atoms with van der Waals surface area (Å²) in [5.41, 5.74) is 6.94. The quantitative estimate of drug-likeness (QED) is 0.653. The molecule has 0 aliphatic carbocycles. The molecule has 7 heteroatoms. The normalized spacial score (nSPS) is 12.3. The smallest absolute Gasteiger partial charge is 0.210 e. The largest absolute Gasteiger partial charge is 0.399 e. The number of nitrogen functional groups attached to an aromatic ring is 1. The first kappa shape index (κ1) is 15.2. The summed E-state index contributed by atoms with van der Waals surface area (Å²) in [6.07, 6.45) is 0. The Bertz CT molecular complexity index is 693. The van der Waals surface area contributed by atoms with Gasteiger partial charge in [0.15, 0.2) is 0 Å². The first-order valence-electron chi connectivity index (χ1n) is 6.35. The maximum Gasteiger partial charge on any atom is 0.210 e. The van der Waals surface area contributed by atoms with Crippen molar-refractivity contribution in [1.82, 2.24) is 4.98 Å². The summed E-state index contributed by atoms with van der Waals surface area (Å²) in [6, 6.07) is 5.18. The minimum atomic E-state index is -3.39. The predicted molar refractivity (Wildman–Crippen MR) is 81.7 cm³/mol. The molecule has 20 heavy (non-hydrogen) atoms. The van der Waals surface area contributed by atoms with E-state index in [4.69, 9.17) is 10.5 Å². The van der Waals surface area contributed by atoms with Gasteiger partial charge in [-0.2, -0.15) is 0 Å². The minimum absolute atomic E-state index is 0.0466. The van der Waals surface area contributed by atoms with Crippen molar-refractivity contribution >= 4 is 37.1 Å². The van der Waals surface area contributed by atoms with Crippen molar-refractivity contribution in [1.29, 1.82) is 0 Å². The average molecular weight is 314 g/mol. The Balaban J connectivity index is 2.11. The highest BCUT2D eigenvalue weighted by atomic mass is 32.2. The molecule has 0 spiro atoms.